The molecule has 2 heterocycles. The summed E-state index contributed by atoms with van der Waals surface area (Å²) in [5.41, 5.74) is 0.913. The Balaban J connectivity index is 2.18. The van der Waals surface area contributed by atoms with Gasteiger partial charge < -0.3 is 10.4 Å². The lowest BCUT2D eigenvalue weighted by atomic mass is 9.92. The molecule has 16 heavy (non-hydrogen) atoms. The number of hydrogen-bond donors (Lipinski definition) is 2. The van der Waals surface area contributed by atoms with Gasteiger partial charge in [-0.2, -0.15) is 5.10 Å². The molecule has 2 rings (SSSR count). The van der Waals surface area contributed by atoms with Gasteiger partial charge >= 0.3 is 0 Å². The van der Waals surface area contributed by atoms with E-state index in [1.54, 1.807) is 6.20 Å². The first-order valence-electron chi connectivity index (χ1n) is 5.84. The topological polar surface area (TPSA) is 50.1 Å². The first-order valence-corrected chi connectivity index (χ1v) is 6.63. The van der Waals surface area contributed by atoms with Crippen LogP contribution < -0.4 is 5.32 Å². The number of aromatic nitrogens is 2. The molecule has 0 amide bonds. The van der Waals surface area contributed by atoms with Crippen LogP contribution in [0.2, 0.25) is 0 Å². The predicted molar refractivity (Wildman–Crippen MR) is 66.2 cm³/mol. The SMILES string of the molecule is CCn1ncc(Br)c1C(O)C1CCCNC1. The molecule has 2 atom stereocenters. The van der Waals surface area contributed by atoms with Gasteiger partial charge in [0, 0.05) is 19.0 Å². The molecule has 1 aromatic heterocycles. The van der Waals surface area contributed by atoms with Gasteiger partial charge in [-0.3, -0.25) is 4.68 Å². The highest BCUT2D eigenvalue weighted by Gasteiger charge is 2.27. The van der Waals surface area contributed by atoms with Gasteiger partial charge in [-0.15, -0.1) is 0 Å². The van der Waals surface area contributed by atoms with Crippen LogP contribution in [0.25, 0.3) is 0 Å². The van der Waals surface area contributed by atoms with E-state index in [1.165, 1.54) is 0 Å². The Morgan fingerprint density at radius 2 is 2.56 bits per heavy atom. The van der Waals surface area contributed by atoms with Crippen molar-refractivity contribution in [3.05, 3.63) is 16.4 Å². The number of rotatable bonds is 3. The lowest BCUT2D eigenvalue weighted by Gasteiger charge is -2.27. The highest BCUT2D eigenvalue weighted by molar-refractivity contribution is 9.10. The number of nitrogens with one attached hydrogen (secondary N) is 1. The highest BCUT2D eigenvalue weighted by Crippen LogP contribution is 2.31. The van der Waals surface area contributed by atoms with Crippen LogP contribution in [-0.4, -0.2) is 28.0 Å². The average Bonchev–Trinajstić information content (AvgIpc) is 2.70. The normalized spacial score (nSPS) is 23.3. The van der Waals surface area contributed by atoms with Crippen molar-refractivity contribution >= 4 is 15.9 Å². The second-order valence-electron chi connectivity index (χ2n) is 4.24. The second kappa shape index (κ2) is 5.29. The molecule has 1 aromatic rings. The molecule has 0 radical (unpaired) electrons. The molecule has 5 heteroatoms. The van der Waals surface area contributed by atoms with E-state index >= 15 is 0 Å². The second-order valence-corrected chi connectivity index (χ2v) is 5.10. The van der Waals surface area contributed by atoms with E-state index in [-0.39, 0.29) is 0 Å². The Morgan fingerprint density at radius 3 is 3.19 bits per heavy atom. The fourth-order valence-electron chi connectivity index (χ4n) is 2.29. The van der Waals surface area contributed by atoms with Crippen LogP contribution in [-0.2, 0) is 6.54 Å². The molecular formula is C11H18BrN3O. The summed E-state index contributed by atoms with van der Waals surface area (Å²) in [6, 6.07) is 0. The van der Waals surface area contributed by atoms with E-state index in [4.69, 9.17) is 0 Å². The number of nitrogens with zero attached hydrogens (tertiary/aromatic N) is 2. The number of aliphatic hydroxyl groups is 1. The molecule has 1 saturated heterocycles. The number of aryl methyl sites for hydroxylation is 1. The van der Waals surface area contributed by atoms with Crippen molar-refractivity contribution < 1.29 is 5.11 Å². The van der Waals surface area contributed by atoms with Crippen molar-refractivity contribution in [3.8, 4) is 0 Å². The van der Waals surface area contributed by atoms with E-state index in [9.17, 15) is 5.11 Å². The monoisotopic (exact) mass is 287 g/mol. The smallest absolute Gasteiger partial charge is 0.101 e. The molecule has 0 aliphatic carbocycles. The first kappa shape index (κ1) is 12.1. The van der Waals surface area contributed by atoms with Gasteiger partial charge in [-0.25, -0.2) is 0 Å². The zero-order chi connectivity index (χ0) is 11.5. The summed E-state index contributed by atoms with van der Waals surface area (Å²) in [4.78, 5) is 0. The Kier molecular flexibility index (Phi) is 4.00. The standard InChI is InChI=1S/C11H18BrN3O/c1-2-15-10(9(12)7-14-15)11(16)8-4-3-5-13-6-8/h7-8,11,13,16H,2-6H2,1H3. The molecular weight excluding hydrogens is 270 g/mol. The number of piperidine rings is 1. The minimum absolute atomic E-state index is 0.298. The first-order chi connectivity index (χ1) is 7.74. The fraction of sp³-hybridized carbons (Fsp3) is 0.727. The Hall–Kier alpha value is -0.390. The van der Waals surface area contributed by atoms with E-state index in [0.29, 0.717) is 5.92 Å². The van der Waals surface area contributed by atoms with Crippen molar-refractivity contribution in [1.82, 2.24) is 15.1 Å². The lowest BCUT2D eigenvalue weighted by molar-refractivity contribution is 0.0833. The molecule has 0 bridgehead atoms. The van der Waals surface area contributed by atoms with E-state index in [1.807, 2.05) is 11.6 Å². The van der Waals surface area contributed by atoms with Gasteiger partial charge in [0.15, 0.2) is 0 Å². The number of aliphatic hydroxyl groups excluding tert-OH is 1. The quantitative estimate of drug-likeness (QED) is 0.890. The largest absolute Gasteiger partial charge is 0.386 e. The summed E-state index contributed by atoms with van der Waals surface area (Å²) in [5.74, 6) is 0.298. The van der Waals surface area contributed by atoms with E-state index in [2.05, 4.69) is 26.3 Å². The summed E-state index contributed by atoms with van der Waals surface area (Å²) >= 11 is 3.46. The van der Waals surface area contributed by atoms with Crippen LogP contribution >= 0.6 is 15.9 Å². The average molecular weight is 288 g/mol. The minimum atomic E-state index is -0.426. The molecule has 1 fully saturated rings. The Bertz CT molecular complexity index is 347. The molecule has 90 valence electrons. The third-order valence-electron chi connectivity index (χ3n) is 3.19. The van der Waals surface area contributed by atoms with Crippen LogP contribution in [0.3, 0.4) is 0 Å². The zero-order valence-corrected chi connectivity index (χ0v) is 11.1. The van der Waals surface area contributed by atoms with Crippen molar-refractivity contribution in [2.75, 3.05) is 13.1 Å². The number of hydrogen-bond acceptors (Lipinski definition) is 3. The summed E-state index contributed by atoms with van der Waals surface area (Å²) in [7, 11) is 0. The molecule has 1 aliphatic rings. The van der Waals surface area contributed by atoms with Crippen molar-refractivity contribution in [2.24, 2.45) is 5.92 Å². The molecule has 0 aromatic carbocycles. The van der Waals surface area contributed by atoms with Crippen LogP contribution in [0, 0.1) is 5.92 Å². The Labute approximate surface area is 104 Å². The van der Waals surface area contributed by atoms with Crippen molar-refractivity contribution in [1.29, 1.82) is 0 Å². The minimum Gasteiger partial charge on any atom is -0.386 e. The van der Waals surface area contributed by atoms with Crippen LogP contribution in [0.1, 0.15) is 31.6 Å². The fourth-order valence-corrected chi connectivity index (χ4v) is 2.82. The van der Waals surface area contributed by atoms with Gasteiger partial charge in [-0.1, -0.05) is 0 Å². The molecule has 2 unspecified atom stereocenters. The maximum Gasteiger partial charge on any atom is 0.101 e. The van der Waals surface area contributed by atoms with Gasteiger partial charge in [0.25, 0.3) is 0 Å². The lowest BCUT2D eigenvalue weighted by Crippen LogP contribution is -2.34. The van der Waals surface area contributed by atoms with Gasteiger partial charge in [0.2, 0.25) is 0 Å². The molecule has 4 nitrogen and oxygen atoms in total. The highest BCUT2D eigenvalue weighted by atomic mass is 79.9. The van der Waals surface area contributed by atoms with Gasteiger partial charge in [0.05, 0.1) is 16.4 Å². The van der Waals surface area contributed by atoms with Crippen molar-refractivity contribution in [3.63, 3.8) is 0 Å². The molecule has 0 spiro atoms. The van der Waals surface area contributed by atoms with Crippen LogP contribution in [0.15, 0.2) is 10.7 Å². The zero-order valence-electron chi connectivity index (χ0n) is 9.49. The van der Waals surface area contributed by atoms with Crippen LogP contribution in [0.5, 0.6) is 0 Å². The maximum absolute atomic E-state index is 10.4. The molecule has 2 N–H and O–H groups in total. The van der Waals surface area contributed by atoms with Gasteiger partial charge in [-0.05, 0) is 42.2 Å². The molecule has 1 aliphatic heterocycles. The number of halogens is 1. The van der Waals surface area contributed by atoms with Crippen LogP contribution in [0.4, 0.5) is 0 Å². The summed E-state index contributed by atoms with van der Waals surface area (Å²) in [6.07, 6.45) is 3.55. The van der Waals surface area contributed by atoms with Gasteiger partial charge in [0.1, 0.15) is 6.10 Å². The summed E-state index contributed by atoms with van der Waals surface area (Å²) in [5, 5.41) is 18.0. The predicted octanol–water partition coefficient (Wildman–Crippen LogP) is 1.70. The van der Waals surface area contributed by atoms with E-state index in [0.717, 1.165) is 42.6 Å². The maximum atomic E-state index is 10.4. The third kappa shape index (κ3) is 2.31. The summed E-state index contributed by atoms with van der Waals surface area (Å²) in [6.45, 7) is 4.78. The van der Waals surface area contributed by atoms with Crippen molar-refractivity contribution in [2.45, 2.75) is 32.4 Å². The third-order valence-corrected chi connectivity index (χ3v) is 3.81. The van der Waals surface area contributed by atoms with E-state index < -0.39 is 6.10 Å². The molecule has 0 saturated carbocycles. The summed E-state index contributed by atoms with van der Waals surface area (Å²) < 4.78 is 2.77. The Morgan fingerprint density at radius 1 is 1.75 bits per heavy atom.